The molecule has 19 heavy (non-hydrogen) atoms. The summed E-state index contributed by atoms with van der Waals surface area (Å²) >= 11 is 5.13. The minimum absolute atomic E-state index is 0.207. The summed E-state index contributed by atoms with van der Waals surface area (Å²) in [5, 5.41) is 6.27. The van der Waals surface area contributed by atoms with Crippen molar-refractivity contribution in [3.05, 3.63) is 36.5 Å². The summed E-state index contributed by atoms with van der Waals surface area (Å²) in [7, 11) is 0. The van der Waals surface area contributed by atoms with Gasteiger partial charge in [0.2, 0.25) is 5.91 Å². The molecule has 104 valence electrons. The largest absolute Gasteiger partial charge is 0.360 e. The maximum Gasteiger partial charge on any atom is 0.250 e. The third-order valence-electron chi connectivity index (χ3n) is 3.11. The highest BCUT2D eigenvalue weighted by Crippen LogP contribution is 2.17. The Morgan fingerprint density at radius 2 is 2.00 bits per heavy atom. The maximum atomic E-state index is 11.6. The molecule has 0 aromatic rings. The molecular formula is C15H22N2OS. The Hall–Kier alpha value is -1.42. The maximum absolute atomic E-state index is 11.6. The Labute approximate surface area is 120 Å². The van der Waals surface area contributed by atoms with Crippen molar-refractivity contribution in [3.8, 4) is 0 Å². The Kier molecular flexibility index (Phi) is 7.11. The molecule has 0 unspecified atom stereocenters. The molecule has 1 amide bonds. The lowest BCUT2D eigenvalue weighted by molar-refractivity contribution is -0.115. The van der Waals surface area contributed by atoms with E-state index in [4.69, 9.17) is 12.2 Å². The fraction of sp³-hybridized carbons (Fsp3) is 0.467. The van der Waals surface area contributed by atoms with Crippen LogP contribution in [0.4, 0.5) is 0 Å². The van der Waals surface area contributed by atoms with Crippen molar-refractivity contribution in [2.24, 2.45) is 0 Å². The first-order chi connectivity index (χ1) is 9.11. The molecule has 1 aliphatic carbocycles. The van der Waals surface area contributed by atoms with Crippen LogP contribution in [0.5, 0.6) is 0 Å². The first-order valence-electron chi connectivity index (χ1n) is 6.70. The molecule has 0 radical (unpaired) electrons. The number of hydrogen-bond donors (Lipinski definition) is 2. The summed E-state index contributed by atoms with van der Waals surface area (Å²) in [6.07, 6.45) is 12.7. The molecule has 0 heterocycles. The van der Waals surface area contributed by atoms with Gasteiger partial charge in [0.15, 0.2) is 5.11 Å². The molecule has 0 aliphatic heterocycles. The van der Waals surface area contributed by atoms with E-state index in [1.165, 1.54) is 25.3 Å². The number of carbonyl (C=O) groups excluding carboxylic acids is 1. The summed E-state index contributed by atoms with van der Waals surface area (Å²) in [6, 6.07) is 0.411. The molecule has 0 aromatic heterocycles. The lowest BCUT2D eigenvalue weighted by Crippen LogP contribution is -2.44. The zero-order chi connectivity index (χ0) is 14.1. The monoisotopic (exact) mass is 278 g/mol. The van der Waals surface area contributed by atoms with Gasteiger partial charge >= 0.3 is 0 Å². The second kappa shape index (κ2) is 8.64. The van der Waals surface area contributed by atoms with E-state index in [0.717, 1.165) is 18.4 Å². The Bertz CT molecular complexity index is 393. The fourth-order valence-corrected chi connectivity index (χ4v) is 2.24. The quantitative estimate of drug-likeness (QED) is 0.472. The van der Waals surface area contributed by atoms with E-state index in [1.807, 2.05) is 13.0 Å². The molecule has 0 spiro atoms. The van der Waals surface area contributed by atoms with Crippen LogP contribution in [0.2, 0.25) is 0 Å². The molecule has 1 saturated carbocycles. The standard InChI is InChI=1S/C15H22N2OS/c1-3-12(2)8-7-11-14(18)17-15(19)16-13-9-5-4-6-10-13/h3,7-8,11,13H,1,4-6,9-10H2,2H3,(H2,16,17,18,19)/b11-7+,12-8-. The van der Waals surface area contributed by atoms with Gasteiger partial charge in [0.05, 0.1) is 0 Å². The van der Waals surface area contributed by atoms with Crippen LogP contribution in [0.15, 0.2) is 36.5 Å². The first-order valence-corrected chi connectivity index (χ1v) is 7.11. The highest BCUT2D eigenvalue weighted by Gasteiger charge is 2.14. The molecule has 4 heteroatoms. The average molecular weight is 278 g/mol. The van der Waals surface area contributed by atoms with Gasteiger partial charge < -0.3 is 5.32 Å². The fourth-order valence-electron chi connectivity index (χ4n) is 1.98. The molecule has 0 saturated heterocycles. The van der Waals surface area contributed by atoms with Gasteiger partial charge in [-0.15, -0.1) is 0 Å². The summed E-state index contributed by atoms with van der Waals surface area (Å²) < 4.78 is 0. The zero-order valence-electron chi connectivity index (χ0n) is 11.4. The van der Waals surface area contributed by atoms with Gasteiger partial charge in [0, 0.05) is 12.1 Å². The Morgan fingerprint density at radius 3 is 2.63 bits per heavy atom. The molecule has 1 rings (SSSR count). The predicted octanol–water partition coefficient (Wildman–Crippen LogP) is 3.00. The SMILES string of the molecule is C=C/C(C)=C\C=C\C(=O)NC(=S)NC1CCCCC1. The van der Waals surface area contributed by atoms with E-state index in [-0.39, 0.29) is 5.91 Å². The van der Waals surface area contributed by atoms with Crippen LogP contribution in [0.3, 0.4) is 0 Å². The third kappa shape index (κ3) is 6.91. The summed E-state index contributed by atoms with van der Waals surface area (Å²) in [5.41, 5.74) is 1.01. The highest BCUT2D eigenvalue weighted by atomic mass is 32.1. The Morgan fingerprint density at radius 1 is 1.32 bits per heavy atom. The van der Waals surface area contributed by atoms with E-state index in [9.17, 15) is 4.79 Å². The van der Waals surface area contributed by atoms with Crippen molar-refractivity contribution in [2.45, 2.75) is 45.1 Å². The normalized spacial score (nSPS) is 17.2. The van der Waals surface area contributed by atoms with Gasteiger partial charge in [-0.2, -0.15) is 0 Å². The Balaban J connectivity index is 2.31. The van der Waals surface area contributed by atoms with Crippen molar-refractivity contribution >= 4 is 23.2 Å². The van der Waals surface area contributed by atoms with Crippen molar-refractivity contribution < 1.29 is 4.79 Å². The van der Waals surface area contributed by atoms with Crippen LogP contribution < -0.4 is 10.6 Å². The number of allylic oxidation sites excluding steroid dienone is 4. The van der Waals surface area contributed by atoms with E-state index >= 15 is 0 Å². The number of rotatable bonds is 4. The number of amides is 1. The predicted molar refractivity (Wildman–Crippen MR) is 83.8 cm³/mol. The summed E-state index contributed by atoms with van der Waals surface area (Å²) in [5.74, 6) is -0.207. The van der Waals surface area contributed by atoms with E-state index in [0.29, 0.717) is 11.2 Å². The zero-order valence-corrected chi connectivity index (χ0v) is 12.3. The molecular weight excluding hydrogens is 256 g/mol. The molecule has 1 aliphatic rings. The van der Waals surface area contributed by atoms with Crippen LogP contribution >= 0.6 is 12.2 Å². The van der Waals surface area contributed by atoms with Crippen molar-refractivity contribution in [1.82, 2.24) is 10.6 Å². The summed E-state index contributed by atoms with van der Waals surface area (Å²) in [6.45, 7) is 5.56. The molecule has 3 nitrogen and oxygen atoms in total. The second-order valence-corrected chi connectivity index (χ2v) is 5.18. The van der Waals surface area contributed by atoms with Gasteiger partial charge in [0.1, 0.15) is 0 Å². The second-order valence-electron chi connectivity index (χ2n) is 4.77. The third-order valence-corrected chi connectivity index (χ3v) is 3.33. The van der Waals surface area contributed by atoms with Gasteiger partial charge in [-0.25, -0.2) is 0 Å². The lowest BCUT2D eigenvalue weighted by atomic mass is 9.96. The number of hydrogen-bond acceptors (Lipinski definition) is 2. The van der Waals surface area contributed by atoms with E-state index < -0.39 is 0 Å². The number of carbonyl (C=O) groups is 1. The van der Waals surface area contributed by atoms with Gasteiger partial charge in [0.25, 0.3) is 0 Å². The van der Waals surface area contributed by atoms with E-state index in [2.05, 4.69) is 17.2 Å². The topological polar surface area (TPSA) is 41.1 Å². The molecule has 2 N–H and O–H groups in total. The highest BCUT2D eigenvalue weighted by molar-refractivity contribution is 7.80. The molecule has 0 atom stereocenters. The molecule has 1 fully saturated rings. The minimum Gasteiger partial charge on any atom is -0.360 e. The van der Waals surface area contributed by atoms with Crippen LogP contribution in [-0.4, -0.2) is 17.1 Å². The van der Waals surface area contributed by atoms with Crippen molar-refractivity contribution in [1.29, 1.82) is 0 Å². The minimum atomic E-state index is -0.207. The van der Waals surface area contributed by atoms with Crippen LogP contribution in [0, 0.1) is 0 Å². The smallest absolute Gasteiger partial charge is 0.250 e. The van der Waals surface area contributed by atoms with Crippen LogP contribution in [0.25, 0.3) is 0 Å². The molecule has 0 aromatic carbocycles. The number of nitrogens with one attached hydrogen (secondary N) is 2. The lowest BCUT2D eigenvalue weighted by Gasteiger charge is -2.23. The summed E-state index contributed by atoms with van der Waals surface area (Å²) in [4.78, 5) is 11.6. The average Bonchev–Trinajstić information content (AvgIpc) is 2.39. The van der Waals surface area contributed by atoms with Crippen LogP contribution in [-0.2, 0) is 4.79 Å². The van der Waals surface area contributed by atoms with Crippen molar-refractivity contribution in [2.75, 3.05) is 0 Å². The van der Waals surface area contributed by atoms with Crippen molar-refractivity contribution in [3.63, 3.8) is 0 Å². The van der Waals surface area contributed by atoms with Crippen LogP contribution in [0.1, 0.15) is 39.0 Å². The van der Waals surface area contributed by atoms with Gasteiger partial charge in [-0.3, -0.25) is 10.1 Å². The van der Waals surface area contributed by atoms with Gasteiger partial charge in [-0.05, 0) is 32.0 Å². The molecule has 0 bridgehead atoms. The number of thiocarbonyl (C=S) groups is 1. The van der Waals surface area contributed by atoms with E-state index in [1.54, 1.807) is 12.2 Å². The first kappa shape index (κ1) is 15.6. The van der Waals surface area contributed by atoms with Gasteiger partial charge in [-0.1, -0.05) is 49.6 Å².